The average Bonchev–Trinajstić information content (AvgIpc) is 3.03. The molecule has 1 amide bonds. The van der Waals surface area contributed by atoms with Crippen molar-refractivity contribution in [1.29, 1.82) is 0 Å². The Morgan fingerprint density at radius 2 is 1.84 bits per heavy atom. The normalized spacial score (nSPS) is 16.6. The fourth-order valence-corrected chi connectivity index (χ4v) is 3.72. The number of hydrogen-bond donors (Lipinski definition) is 2. The largest absolute Gasteiger partial charge is 0.490 e. The van der Waals surface area contributed by atoms with Crippen molar-refractivity contribution >= 4 is 23.2 Å². The lowest BCUT2D eigenvalue weighted by molar-refractivity contribution is -0.119. The summed E-state index contributed by atoms with van der Waals surface area (Å²) in [6, 6.07) is 13.9. The van der Waals surface area contributed by atoms with Crippen LogP contribution in [0.1, 0.15) is 38.2 Å². The SMILES string of the molecule is CCNC(=NCc1ccc(N2CCCCC2=O)cc1)Nc1ccc2c(c1)OCCCO2. The molecular formula is C24H30N4O3. The highest BCUT2D eigenvalue weighted by atomic mass is 16.5. The number of piperidine rings is 1. The summed E-state index contributed by atoms with van der Waals surface area (Å²) in [5.41, 5.74) is 2.95. The van der Waals surface area contributed by atoms with Crippen molar-refractivity contribution in [2.24, 2.45) is 4.99 Å². The fourth-order valence-electron chi connectivity index (χ4n) is 3.72. The second-order valence-corrected chi connectivity index (χ2v) is 7.70. The molecule has 0 spiro atoms. The van der Waals surface area contributed by atoms with Crippen molar-refractivity contribution in [3.63, 3.8) is 0 Å². The highest BCUT2D eigenvalue weighted by Gasteiger charge is 2.19. The topological polar surface area (TPSA) is 75.2 Å². The fraction of sp³-hybridized carbons (Fsp3) is 0.417. The summed E-state index contributed by atoms with van der Waals surface area (Å²) in [5.74, 6) is 2.44. The summed E-state index contributed by atoms with van der Waals surface area (Å²) in [6.07, 6.45) is 3.58. The number of aliphatic imine (C=N–C) groups is 1. The zero-order valence-electron chi connectivity index (χ0n) is 18.0. The molecule has 2 N–H and O–H groups in total. The van der Waals surface area contributed by atoms with Crippen molar-refractivity contribution in [3.05, 3.63) is 48.0 Å². The second-order valence-electron chi connectivity index (χ2n) is 7.70. The standard InChI is InChI=1S/C24H30N4O3/c1-2-25-24(27-19-9-12-21-22(16-19)31-15-5-14-30-21)26-17-18-7-10-20(11-8-18)28-13-4-3-6-23(28)29/h7-12,16H,2-6,13-15,17H2,1H3,(H2,25,26,27). The summed E-state index contributed by atoms with van der Waals surface area (Å²) in [6.45, 7) is 5.47. The number of carbonyl (C=O) groups is 1. The molecule has 4 rings (SSSR count). The molecule has 31 heavy (non-hydrogen) atoms. The molecule has 0 atom stereocenters. The number of hydrogen-bond acceptors (Lipinski definition) is 4. The first-order valence-electron chi connectivity index (χ1n) is 11.1. The number of benzene rings is 2. The Hall–Kier alpha value is -3.22. The number of nitrogens with one attached hydrogen (secondary N) is 2. The predicted octanol–water partition coefficient (Wildman–Crippen LogP) is 3.94. The Morgan fingerprint density at radius 3 is 2.61 bits per heavy atom. The Labute approximate surface area is 183 Å². The van der Waals surface area contributed by atoms with Gasteiger partial charge in [-0.1, -0.05) is 12.1 Å². The maximum atomic E-state index is 12.1. The van der Waals surface area contributed by atoms with Gasteiger partial charge in [-0.25, -0.2) is 4.99 Å². The van der Waals surface area contributed by atoms with E-state index < -0.39 is 0 Å². The number of carbonyl (C=O) groups excluding carboxylic acids is 1. The van der Waals surface area contributed by atoms with Crippen molar-refractivity contribution in [2.75, 3.05) is 36.5 Å². The lowest BCUT2D eigenvalue weighted by Gasteiger charge is -2.26. The van der Waals surface area contributed by atoms with E-state index in [1.54, 1.807) is 0 Å². The number of amides is 1. The van der Waals surface area contributed by atoms with Crippen LogP contribution >= 0.6 is 0 Å². The number of guanidine groups is 1. The van der Waals surface area contributed by atoms with Crippen LogP contribution in [0.2, 0.25) is 0 Å². The van der Waals surface area contributed by atoms with Crippen LogP contribution in [0.3, 0.4) is 0 Å². The number of nitrogens with zero attached hydrogens (tertiary/aromatic N) is 2. The van der Waals surface area contributed by atoms with Gasteiger partial charge in [0, 0.05) is 43.4 Å². The summed E-state index contributed by atoms with van der Waals surface area (Å²) in [4.78, 5) is 18.7. The molecule has 2 aliphatic heterocycles. The van der Waals surface area contributed by atoms with E-state index in [-0.39, 0.29) is 5.91 Å². The summed E-state index contributed by atoms with van der Waals surface area (Å²) in [7, 11) is 0. The molecule has 0 bridgehead atoms. The summed E-state index contributed by atoms with van der Waals surface area (Å²) >= 11 is 0. The molecule has 164 valence electrons. The number of ether oxygens (including phenoxy) is 2. The Kier molecular flexibility index (Phi) is 6.92. The van der Waals surface area contributed by atoms with Crippen LogP contribution in [0.5, 0.6) is 11.5 Å². The molecule has 1 fully saturated rings. The average molecular weight is 423 g/mol. The van der Waals surface area contributed by atoms with Crippen molar-refractivity contribution in [1.82, 2.24) is 5.32 Å². The molecule has 0 radical (unpaired) electrons. The van der Waals surface area contributed by atoms with Crippen LogP contribution in [0.15, 0.2) is 47.5 Å². The van der Waals surface area contributed by atoms with Gasteiger partial charge in [0.15, 0.2) is 17.5 Å². The van der Waals surface area contributed by atoms with Gasteiger partial charge in [0.25, 0.3) is 0 Å². The van der Waals surface area contributed by atoms with Crippen LogP contribution in [-0.4, -0.2) is 38.2 Å². The quantitative estimate of drug-likeness (QED) is 0.564. The first kappa shape index (κ1) is 21.0. The van der Waals surface area contributed by atoms with Gasteiger partial charge >= 0.3 is 0 Å². The molecule has 7 heteroatoms. The molecule has 2 aromatic rings. The van der Waals surface area contributed by atoms with Gasteiger partial charge in [-0.05, 0) is 49.6 Å². The molecule has 0 unspecified atom stereocenters. The van der Waals surface area contributed by atoms with Crippen LogP contribution in [0.25, 0.3) is 0 Å². The predicted molar refractivity (Wildman–Crippen MR) is 123 cm³/mol. The Bertz CT molecular complexity index is 927. The molecule has 7 nitrogen and oxygen atoms in total. The first-order valence-corrected chi connectivity index (χ1v) is 11.1. The van der Waals surface area contributed by atoms with E-state index in [1.807, 2.05) is 54.3 Å². The zero-order valence-corrected chi connectivity index (χ0v) is 18.0. The van der Waals surface area contributed by atoms with Gasteiger partial charge in [0.1, 0.15) is 0 Å². The first-order chi connectivity index (χ1) is 15.2. The second kappa shape index (κ2) is 10.2. The van der Waals surface area contributed by atoms with Crippen molar-refractivity contribution < 1.29 is 14.3 Å². The number of rotatable bonds is 5. The van der Waals surface area contributed by atoms with Gasteiger partial charge < -0.3 is 25.0 Å². The van der Waals surface area contributed by atoms with Crippen LogP contribution in [0, 0.1) is 0 Å². The Morgan fingerprint density at radius 1 is 1.03 bits per heavy atom. The highest BCUT2D eigenvalue weighted by molar-refractivity contribution is 5.94. The van der Waals surface area contributed by atoms with Gasteiger partial charge in [-0.2, -0.15) is 0 Å². The minimum Gasteiger partial charge on any atom is -0.490 e. The number of fused-ring (bicyclic) bond motifs is 1. The molecule has 0 aliphatic carbocycles. The minimum atomic E-state index is 0.214. The summed E-state index contributed by atoms with van der Waals surface area (Å²) < 4.78 is 11.5. The van der Waals surface area contributed by atoms with Gasteiger partial charge in [-0.3, -0.25) is 4.79 Å². The smallest absolute Gasteiger partial charge is 0.226 e. The maximum absolute atomic E-state index is 12.1. The molecule has 0 aromatic heterocycles. The van der Waals surface area contributed by atoms with Crippen LogP contribution in [0.4, 0.5) is 11.4 Å². The summed E-state index contributed by atoms with van der Waals surface area (Å²) in [5, 5.41) is 6.62. The van der Waals surface area contributed by atoms with Crippen molar-refractivity contribution in [2.45, 2.75) is 39.2 Å². The van der Waals surface area contributed by atoms with E-state index in [0.29, 0.717) is 32.1 Å². The molecular weight excluding hydrogens is 392 g/mol. The monoisotopic (exact) mass is 422 g/mol. The molecule has 2 aliphatic rings. The molecule has 2 aromatic carbocycles. The number of anilines is 2. The third-order valence-electron chi connectivity index (χ3n) is 5.35. The van der Waals surface area contributed by atoms with E-state index in [4.69, 9.17) is 14.5 Å². The van der Waals surface area contributed by atoms with E-state index >= 15 is 0 Å². The van der Waals surface area contributed by atoms with Gasteiger partial charge in [0.05, 0.1) is 19.8 Å². The third-order valence-corrected chi connectivity index (χ3v) is 5.35. The van der Waals surface area contributed by atoms with Crippen LogP contribution < -0.4 is 25.0 Å². The van der Waals surface area contributed by atoms with Crippen LogP contribution in [-0.2, 0) is 11.3 Å². The van der Waals surface area contributed by atoms with Gasteiger partial charge in [0.2, 0.25) is 5.91 Å². The maximum Gasteiger partial charge on any atom is 0.226 e. The molecule has 1 saturated heterocycles. The molecule has 2 heterocycles. The van der Waals surface area contributed by atoms with E-state index in [1.165, 1.54) is 0 Å². The highest BCUT2D eigenvalue weighted by Crippen LogP contribution is 2.32. The lowest BCUT2D eigenvalue weighted by Crippen LogP contribution is -2.35. The molecule has 0 saturated carbocycles. The van der Waals surface area contributed by atoms with Gasteiger partial charge in [-0.15, -0.1) is 0 Å². The Balaban J connectivity index is 1.42. The van der Waals surface area contributed by atoms with E-state index in [0.717, 1.165) is 60.8 Å². The van der Waals surface area contributed by atoms with E-state index in [9.17, 15) is 4.79 Å². The lowest BCUT2D eigenvalue weighted by atomic mass is 10.1. The van der Waals surface area contributed by atoms with E-state index in [2.05, 4.69) is 10.6 Å². The van der Waals surface area contributed by atoms with Crippen molar-refractivity contribution in [3.8, 4) is 11.5 Å². The minimum absolute atomic E-state index is 0.214. The third kappa shape index (κ3) is 5.48. The zero-order chi connectivity index (χ0) is 21.5.